The van der Waals surface area contributed by atoms with E-state index in [1.807, 2.05) is 29.2 Å². The normalized spacial score (nSPS) is 22.6. The number of piperazine rings is 1. The van der Waals surface area contributed by atoms with Gasteiger partial charge in [0.2, 0.25) is 17.7 Å². The van der Waals surface area contributed by atoms with E-state index < -0.39 is 17.8 Å². The smallest absolute Gasteiger partial charge is 0.255 e. The second-order valence-electron chi connectivity index (χ2n) is 12.9. The van der Waals surface area contributed by atoms with Crippen LogP contribution >= 0.6 is 11.6 Å². The molecule has 3 heterocycles. The summed E-state index contributed by atoms with van der Waals surface area (Å²) in [6.07, 6.45) is 2.95. The lowest BCUT2D eigenvalue weighted by Gasteiger charge is -2.38. The molecule has 3 aliphatic heterocycles. The maximum absolute atomic E-state index is 15.2. The minimum atomic E-state index is -0.736. The monoisotopic (exact) mass is 606 g/mol. The molecule has 0 bridgehead atoms. The molecule has 0 spiro atoms. The minimum absolute atomic E-state index is 0.0795. The van der Waals surface area contributed by atoms with Crippen LogP contribution in [0.4, 0.5) is 4.39 Å². The Balaban J connectivity index is 1.12. The zero-order valence-corrected chi connectivity index (χ0v) is 25.3. The summed E-state index contributed by atoms with van der Waals surface area (Å²) in [6.45, 7) is 7.37. The van der Waals surface area contributed by atoms with Crippen LogP contribution in [0.2, 0.25) is 5.02 Å². The van der Waals surface area contributed by atoms with Crippen LogP contribution in [0.25, 0.3) is 5.57 Å². The van der Waals surface area contributed by atoms with Gasteiger partial charge in [-0.05, 0) is 72.1 Å². The number of carbonyl (C=O) groups excluding carboxylic acids is 4. The van der Waals surface area contributed by atoms with Crippen molar-refractivity contribution in [1.29, 1.82) is 0 Å². The van der Waals surface area contributed by atoms with Gasteiger partial charge in [-0.15, -0.1) is 0 Å². The van der Waals surface area contributed by atoms with Gasteiger partial charge in [-0.2, -0.15) is 0 Å². The van der Waals surface area contributed by atoms with Crippen LogP contribution in [0.15, 0.2) is 42.0 Å². The average Bonchev–Trinajstić information content (AvgIpc) is 3.28. The molecule has 0 radical (unpaired) electrons. The second kappa shape index (κ2) is 11.5. The van der Waals surface area contributed by atoms with Crippen LogP contribution in [-0.4, -0.2) is 70.5 Å². The molecular formula is C33H36ClFN4O4. The summed E-state index contributed by atoms with van der Waals surface area (Å²) in [6, 6.07) is 9.98. The number of amides is 4. The molecule has 1 unspecified atom stereocenters. The molecule has 0 saturated carbocycles. The van der Waals surface area contributed by atoms with E-state index in [4.69, 9.17) is 11.6 Å². The number of nitrogens with one attached hydrogen (secondary N) is 1. The molecule has 2 saturated heterocycles. The Bertz CT molecular complexity index is 1530. The largest absolute Gasteiger partial charge is 0.336 e. The van der Waals surface area contributed by atoms with E-state index in [1.165, 1.54) is 11.0 Å². The van der Waals surface area contributed by atoms with E-state index in [2.05, 4.69) is 24.1 Å². The highest BCUT2D eigenvalue weighted by Gasteiger charge is 2.40. The molecule has 1 atom stereocenters. The fourth-order valence-corrected chi connectivity index (χ4v) is 6.88. The summed E-state index contributed by atoms with van der Waals surface area (Å²) >= 11 is 6.13. The van der Waals surface area contributed by atoms with Gasteiger partial charge in [-0.1, -0.05) is 37.6 Å². The van der Waals surface area contributed by atoms with Gasteiger partial charge in [-0.25, -0.2) is 4.39 Å². The van der Waals surface area contributed by atoms with Gasteiger partial charge < -0.3 is 9.80 Å². The van der Waals surface area contributed by atoms with Crippen molar-refractivity contribution in [3.8, 4) is 0 Å². The molecule has 2 aromatic carbocycles. The first-order valence-electron chi connectivity index (χ1n) is 14.9. The van der Waals surface area contributed by atoms with Crippen LogP contribution in [0.3, 0.4) is 0 Å². The third-order valence-corrected chi connectivity index (χ3v) is 9.52. The number of allylic oxidation sites excluding steroid dienone is 1. The Morgan fingerprint density at radius 2 is 1.77 bits per heavy atom. The standard InChI is InChI=1S/C33H36ClFN4O4/c1-33(2)10-9-24(26(17-33)20-3-5-23(34)6-4-20)31(42)38-13-11-37(12-14-38)18-22-15-21-19-39(32(43)25(21)16-27(22)35)28-7-8-29(40)36-30(28)41/h3-6,15-16,28H,7-14,17-19H2,1-2H3,(H,36,40,41). The number of hydrogen-bond acceptors (Lipinski definition) is 5. The number of halogens is 2. The predicted octanol–water partition coefficient (Wildman–Crippen LogP) is 4.55. The molecule has 6 rings (SSSR count). The van der Waals surface area contributed by atoms with Gasteiger partial charge in [0.05, 0.1) is 0 Å². The summed E-state index contributed by atoms with van der Waals surface area (Å²) < 4.78 is 15.2. The van der Waals surface area contributed by atoms with Gasteiger partial charge in [-0.3, -0.25) is 29.4 Å². The van der Waals surface area contributed by atoms with E-state index >= 15 is 4.39 Å². The molecular weight excluding hydrogens is 571 g/mol. The summed E-state index contributed by atoms with van der Waals surface area (Å²) in [5.41, 5.74) is 4.57. The second-order valence-corrected chi connectivity index (χ2v) is 13.3. The van der Waals surface area contributed by atoms with Gasteiger partial charge in [0.15, 0.2) is 0 Å². The van der Waals surface area contributed by atoms with Crippen LogP contribution in [0.1, 0.15) is 73.0 Å². The summed E-state index contributed by atoms with van der Waals surface area (Å²) in [7, 11) is 0. The first kappa shape index (κ1) is 29.5. The van der Waals surface area contributed by atoms with E-state index in [-0.39, 0.29) is 48.1 Å². The molecule has 43 heavy (non-hydrogen) atoms. The van der Waals surface area contributed by atoms with Crippen molar-refractivity contribution >= 4 is 40.8 Å². The zero-order valence-electron chi connectivity index (χ0n) is 24.6. The highest BCUT2D eigenvalue weighted by atomic mass is 35.5. The van der Waals surface area contributed by atoms with Crippen molar-refractivity contribution in [3.63, 3.8) is 0 Å². The third-order valence-electron chi connectivity index (χ3n) is 9.27. The molecule has 4 aliphatic rings. The number of nitrogens with zero attached hydrogens (tertiary/aromatic N) is 3. The Morgan fingerprint density at radius 3 is 2.47 bits per heavy atom. The number of piperidine rings is 1. The fraction of sp³-hybridized carbons (Fsp3) is 0.455. The SMILES string of the molecule is CC1(C)CCC(C(=O)N2CCN(Cc3cc4c(cc3F)C(=O)N(C3CCC(=O)NC3=O)C4)CC2)=C(c2ccc(Cl)cc2)C1. The third kappa shape index (κ3) is 5.97. The number of fused-ring (bicyclic) bond motifs is 1. The molecule has 2 aromatic rings. The number of carbonyl (C=O) groups is 4. The zero-order chi connectivity index (χ0) is 30.5. The van der Waals surface area contributed by atoms with Crippen molar-refractivity contribution in [1.82, 2.24) is 20.0 Å². The van der Waals surface area contributed by atoms with Gasteiger partial charge in [0.25, 0.3) is 5.91 Å². The van der Waals surface area contributed by atoms with E-state index in [1.54, 1.807) is 6.07 Å². The highest BCUT2D eigenvalue weighted by Crippen LogP contribution is 2.43. The van der Waals surface area contributed by atoms with Crippen LogP contribution < -0.4 is 5.32 Å². The quantitative estimate of drug-likeness (QED) is 0.505. The fourth-order valence-electron chi connectivity index (χ4n) is 6.75. The lowest BCUT2D eigenvalue weighted by Crippen LogP contribution is -2.52. The molecule has 4 amide bonds. The first-order chi connectivity index (χ1) is 20.5. The minimum Gasteiger partial charge on any atom is -0.336 e. The van der Waals surface area contributed by atoms with Crippen molar-refractivity contribution in [2.75, 3.05) is 26.2 Å². The molecule has 2 fully saturated rings. The maximum Gasteiger partial charge on any atom is 0.255 e. The molecule has 8 nitrogen and oxygen atoms in total. The van der Waals surface area contributed by atoms with Gasteiger partial charge in [0, 0.05) is 67.4 Å². The molecule has 226 valence electrons. The average molecular weight is 607 g/mol. The molecule has 1 aliphatic carbocycles. The molecule has 0 aromatic heterocycles. The predicted molar refractivity (Wildman–Crippen MR) is 160 cm³/mol. The van der Waals surface area contributed by atoms with Crippen molar-refractivity contribution < 1.29 is 23.6 Å². The van der Waals surface area contributed by atoms with E-state index in [9.17, 15) is 19.2 Å². The number of hydrogen-bond donors (Lipinski definition) is 1. The van der Waals surface area contributed by atoms with Gasteiger partial charge in [0.1, 0.15) is 11.9 Å². The number of benzene rings is 2. The maximum atomic E-state index is 15.2. The number of imide groups is 1. The highest BCUT2D eigenvalue weighted by molar-refractivity contribution is 6.30. The lowest BCUT2D eigenvalue weighted by molar-refractivity contribution is -0.137. The van der Waals surface area contributed by atoms with Crippen LogP contribution in [0, 0.1) is 11.2 Å². The van der Waals surface area contributed by atoms with Crippen LogP contribution in [0.5, 0.6) is 0 Å². The molecule has 1 N–H and O–H groups in total. The van der Waals surface area contributed by atoms with Crippen molar-refractivity contribution in [2.45, 2.75) is 65.1 Å². The Hall–Kier alpha value is -3.56. The Labute approximate surface area is 255 Å². The summed E-state index contributed by atoms with van der Waals surface area (Å²) in [5.74, 6) is -1.60. The summed E-state index contributed by atoms with van der Waals surface area (Å²) in [5, 5.41) is 2.96. The van der Waals surface area contributed by atoms with Crippen molar-refractivity contribution in [3.05, 3.63) is 75.1 Å². The Morgan fingerprint density at radius 1 is 1.05 bits per heavy atom. The van der Waals surface area contributed by atoms with E-state index in [0.717, 1.165) is 36.0 Å². The molecule has 10 heteroatoms. The van der Waals surface area contributed by atoms with E-state index in [0.29, 0.717) is 48.9 Å². The van der Waals surface area contributed by atoms with Crippen molar-refractivity contribution in [2.24, 2.45) is 5.41 Å². The first-order valence-corrected chi connectivity index (χ1v) is 15.3. The topological polar surface area (TPSA) is 90.0 Å². The summed E-state index contributed by atoms with van der Waals surface area (Å²) in [4.78, 5) is 56.1. The van der Waals surface area contributed by atoms with Gasteiger partial charge >= 0.3 is 0 Å². The number of rotatable bonds is 5. The van der Waals surface area contributed by atoms with Crippen LogP contribution in [-0.2, 0) is 27.5 Å². The lowest BCUT2D eigenvalue weighted by atomic mass is 9.72. The Kier molecular flexibility index (Phi) is 7.89.